The first kappa shape index (κ1) is 11.6. The molecule has 4 nitrogen and oxygen atoms in total. The quantitative estimate of drug-likeness (QED) is 0.882. The van der Waals surface area contributed by atoms with Gasteiger partial charge < -0.3 is 5.32 Å². The molecule has 0 bridgehead atoms. The fourth-order valence-corrected chi connectivity index (χ4v) is 2.27. The zero-order valence-corrected chi connectivity index (χ0v) is 10.7. The summed E-state index contributed by atoms with van der Waals surface area (Å²) in [5, 5.41) is 11.9. The third-order valence-electron chi connectivity index (χ3n) is 2.49. The zero-order valence-electron chi connectivity index (χ0n) is 9.90. The van der Waals surface area contributed by atoms with Crippen molar-refractivity contribution in [2.75, 3.05) is 12.4 Å². The Morgan fingerprint density at radius 3 is 2.53 bits per heavy atom. The van der Waals surface area contributed by atoms with E-state index in [0.717, 1.165) is 27.8 Å². The van der Waals surface area contributed by atoms with E-state index in [4.69, 9.17) is 5.26 Å². The standard InChI is InChI=1S/C12H12N4S/c1-7-8(2)16-12(14-3)11(15-7)10-5-4-9(6-13)17-10/h4-5H,1-3H3,(H,14,16). The van der Waals surface area contributed by atoms with Gasteiger partial charge in [0.25, 0.3) is 0 Å². The summed E-state index contributed by atoms with van der Waals surface area (Å²) in [6.07, 6.45) is 0. The van der Waals surface area contributed by atoms with Gasteiger partial charge in [-0.25, -0.2) is 9.97 Å². The van der Waals surface area contributed by atoms with Gasteiger partial charge in [-0.15, -0.1) is 11.3 Å². The van der Waals surface area contributed by atoms with Crippen molar-refractivity contribution in [2.24, 2.45) is 0 Å². The summed E-state index contributed by atoms with van der Waals surface area (Å²) >= 11 is 1.43. The first-order chi connectivity index (χ1) is 8.15. The molecule has 2 aromatic rings. The first-order valence-electron chi connectivity index (χ1n) is 5.19. The minimum Gasteiger partial charge on any atom is -0.371 e. The van der Waals surface area contributed by atoms with E-state index < -0.39 is 0 Å². The highest BCUT2D eigenvalue weighted by Gasteiger charge is 2.12. The minimum absolute atomic E-state index is 0.682. The van der Waals surface area contributed by atoms with Crippen molar-refractivity contribution in [2.45, 2.75) is 13.8 Å². The second-order valence-corrected chi connectivity index (χ2v) is 4.70. The Morgan fingerprint density at radius 2 is 1.94 bits per heavy atom. The number of nitrogens with one attached hydrogen (secondary N) is 1. The molecule has 5 heteroatoms. The van der Waals surface area contributed by atoms with Crippen LogP contribution in [-0.2, 0) is 0 Å². The Balaban J connectivity index is 2.58. The van der Waals surface area contributed by atoms with Crippen LogP contribution >= 0.6 is 11.3 Å². The van der Waals surface area contributed by atoms with E-state index in [9.17, 15) is 0 Å². The van der Waals surface area contributed by atoms with Crippen LogP contribution in [0.4, 0.5) is 5.82 Å². The molecular formula is C12H12N4S. The molecule has 0 fully saturated rings. The number of aromatic nitrogens is 2. The van der Waals surface area contributed by atoms with Crippen molar-refractivity contribution in [3.8, 4) is 16.6 Å². The van der Waals surface area contributed by atoms with Crippen molar-refractivity contribution >= 4 is 17.2 Å². The summed E-state index contributed by atoms with van der Waals surface area (Å²) in [6.45, 7) is 3.87. The smallest absolute Gasteiger partial charge is 0.153 e. The fourth-order valence-electron chi connectivity index (χ4n) is 1.47. The number of anilines is 1. The molecule has 0 atom stereocenters. The van der Waals surface area contributed by atoms with Crippen molar-refractivity contribution in [1.82, 2.24) is 9.97 Å². The van der Waals surface area contributed by atoms with Gasteiger partial charge in [-0.2, -0.15) is 5.26 Å². The monoisotopic (exact) mass is 244 g/mol. The Bertz CT molecular complexity index is 595. The molecule has 0 aliphatic carbocycles. The van der Waals surface area contributed by atoms with E-state index in [1.807, 2.05) is 27.0 Å². The van der Waals surface area contributed by atoms with Crippen LogP contribution in [0.5, 0.6) is 0 Å². The molecule has 0 aliphatic heterocycles. The zero-order chi connectivity index (χ0) is 12.4. The van der Waals surface area contributed by atoms with Gasteiger partial charge in [-0.1, -0.05) is 0 Å². The van der Waals surface area contributed by atoms with Crippen LogP contribution in [0, 0.1) is 25.2 Å². The lowest BCUT2D eigenvalue weighted by atomic mass is 10.2. The summed E-state index contributed by atoms with van der Waals surface area (Å²) < 4.78 is 0. The van der Waals surface area contributed by atoms with E-state index in [0.29, 0.717) is 4.88 Å². The predicted octanol–water partition coefficient (Wildman–Crippen LogP) is 2.74. The molecule has 0 aromatic carbocycles. The molecule has 0 spiro atoms. The summed E-state index contributed by atoms with van der Waals surface area (Å²) in [6, 6.07) is 5.84. The van der Waals surface area contributed by atoms with Crippen LogP contribution in [-0.4, -0.2) is 17.0 Å². The molecule has 0 unspecified atom stereocenters. The average molecular weight is 244 g/mol. The van der Waals surface area contributed by atoms with E-state index in [1.165, 1.54) is 11.3 Å². The molecular weight excluding hydrogens is 232 g/mol. The lowest BCUT2D eigenvalue weighted by molar-refractivity contribution is 1.05. The molecule has 1 N–H and O–H groups in total. The van der Waals surface area contributed by atoms with Gasteiger partial charge in [0.2, 0.25) is 0 Å². The Morgan fingerprint density at radius 1 is 1.24 bits per heavy atom. The first-order valence-corrected chi connectivity index (χ1v) is 6.00. The highest BCUT2D eigenvalue weighted by atomic mass is 32.1. The van der Waals surface area contributed by atoms with Crippen LogP contribution in [0.3, 0.4) is 0 Å². The lowest BCUT2D eigenvalue weighted by Crippen LogP contribution is -2.01. The van der Waals surface area contributed by atoms with Gasteiger partial charge in [0.1, 0.15) is 16.6 Å². The van der Waals surface area contributed by atoms with Crippen molar-refractivity contribution in [3.05, 3.63) is 28.4 Å². The number of nitrogens with zero attached hydrogens (tertiary/aromatic N) is 3. The molecule has 86 valence electrons. The summed E-state index contributed by atoms with van der Waals surface area (Å²) in [4.78, 5) is 10.6. The predicted molar refractivity (Wildman–Crippen MR) is 69.1 cm³/mol. The van der Waals surface area contributed by atoms with E-state index >= 15 is 0 Å². The largest absolute Gasteiger partial charge is 0.371 e. The molecule has 0 saturated carbocycles. The molecule has 0 radical (unpaired) electrons. The SMILES string of the molecule is CNc1nc(C)c(C)nc1-c1ccc(C#N)s1. The minimum atomic E-state index is 0.682. The van der Waals surface area contributed by atoms with Crippen LogP contribution in [0.2, 0.25) is 0 Å². The number of aryl methyl sites for hydroxylation is 2. The summed E-state index contributed by atoms with van der Waals surface area (Å²) in [5.41, 5.74) is 2.63. The second kappa shape index (κ2) is 4.52. The fraction of sp³-hybridized carbons (Fsp3) is 0.250. The van der Waals surface area contributed by atoms with Crippen molar-refractivity contribution in [3.63, 3.8) is 0 Å². The number of thiophene rings is 1. The second-order valence-electron chi connectivity index (χ2n) is 3.62. The number of hydrogen-bond acceptors (Lipinski definition) is 5. The van der Waals surface area contributed by atoms with Crippen LogP contribution in [0.15, 0.2) is 12.1 Å². The van der Waals surface area contributed by atoms with E-state index in [-0.39, 0.29) is 0 Å². The summed E-state index contributed by atoms with van der Waals surface area (Å²) in [5.74, 6) is 0.749. The van der Waals surface area contributed by atoms with E-state index in [2.05, 4.69) is 21.4 Å². The topological polar surface area (TPSA) is 61.6 Å². The van der Waals surface area contributed by atoms with Gasteiger partial charge in [-0.3, -0.25) is 0 Å². The molecule has 2 rings (SSSR count). The van der Waals surface area contributed by atoms with Gasteiger partial charge in [-0.05, 0) is 26.0 Å². The van der Waals surface area contributed by atoms with Crippen LogP contribution in [0.1, 0.15) is 16.3 Å². The number of rotatable bonds is 2. The summed E-state index contributed by atoms with van der Waals surface area (Å²) in [7, 11) is 1.82. The van der Waals surface area contributed by atoms with Crippen LogP contribution in [0.25, 0.3) is 10.6 Å². The maximum Gasteiger partial charge on any atom is 0.153 e. The molecule has 17 heavy (non-hydrogen) atoms. The lowest BCUT2D eigenvalue weighted by Gasteiger charge is -2.08. The molecule has 2 heterocycles. The van der Waals surface area contributed by atoms with Gasteiger partial charge in [0.05, 0.1) is 16.3 Å². The molecule has 0 saturated heterocycles. The number of nitriles is 1. The number of hydrogen-bond donors (Lipinski definition) is 1. The van der Waals surface area contributed by atoms with Crippen LogP contribution < -0.4 is 5.32 Å². The maximum atomic E-state index is 8.83. The van der Waals surface area contributed by atoms with Crippen molar-refractivity contribution < 1.29 is 0 Å². The van der Waals surface area contributed by atoms with Gasteiger partial charge in [0.15, 0.2) is 5.82 Å². The maximum absolute atomic E-state index is 8.83. The van der Waals surface area contributed by atoms with Crippen molar-refractivity contribution in [1.29, 1.82) is 5.26 Å². The molecule has 0 aliphatic rings. The highest BCUT2D eigenvalue weighted by molar-refractivity contribution is 7.16. The van der Waals surface area contributed by atoms with Gasteiger partial charge >= 0.3 is 0 Å². The Hall–Kier alpha value is -1.93. The van der Waals surface area contributed by atoms with Gasteiger partial charge in [0, 0.05) is 7.05 Å². The molecule has 2 aromatic heterocycles. The molecule has 0 amide bonds. The van der Waals surface area contributed by atoms with E-state index in [1.54, 1.807) is 6.07 Å². The average Bonchev–Trinajstić information content (AvgIpc) is 2.80. The Labute approximate surface area is 104 Å². The Kier molecular flexibility index (Phi) is 3.07. The highest BCUT2D eigenvalue weighted by Crippen LogP contribution is 2.31. The normalized spacial score (nSPS) is 10.0. The third-order valence-corrected chi connectivity index (χ3v) is 3.49. The third kappa shape index (κ3) is 2.12.